The third-order valence-corrected chi connectivity index (χ3v) is 9.58. The Bertz CT molecular complexity index is 551. The molecule has 0 amide bonds. The van der Waals surface area contributed by atoms with Crippen LogP contribution in [0.25, 0.3) is 0 Å². The van der Waals surface area contributed by atoms with Gasteiger partial charge in [-0.2, -0.15) is 0 Å². The number of unbranched alkanes of at least 4 members (excludes halogenated alkanes) is 18. The Hall–Kier alpha value is 0.340. The summed E-state index contributed by atoms with van der Waals surface area (Å²) in [6, 6.07) is 0. The van der Waals surface area contributed by atoms with Crippen LogP contribution >= 0.6 is 23.2 Å². The molecule has 0 spiro atoms. The normalized spacial score (nSPS) is 13.7. The van der Waals surface area contributed by atoms with Crippen LogP contribution in [0.15, 0.2) is 0 Å². The van der Waals surface area contributed by atoms with Gasteiger partial charge in [0.25, 0.3) is 0 Å². The minimum Gasteiger partial charge on any atom is -0.381 e. The van der Waals surface area contributed by atoms with Crippen LogP contribution in [-0.2, 0) is 18.9 Å². The molecule has 0 radical (unpaired) electrons. The monoisotopic (exact) mass is 683 g/mol. The minimum atomic E-state index is -0.414. The highest BCUT2D eigenvalue weighted by Crippen LogP contribution is 2.23. The van der Waals surface area contributed by atoms with E-state index in [1.54, 1.807) is 0 Å². The molecule has 0 fully saturated rings. The largest absolute Gasteiger partial charge is 0.381 e. The first kappa shape index (κ1) is 45.3. The second kappa shape index (κ2) is 32.9. The van der Waals surface area contributed by atoms with Crippen molar-refractivity contribution < 1.29 is 18.9 Å². The molecular weight excluding hydrogens is 607 g/mol. The molecule has 0 N–H and O–H groups in total. The van der Waals surface area contributed by atoms with E-state index in [4.69, 9.17) is 42.1 Å². The predicted octanol–water partition coefficient (Wildman–Crippen LogP) is 10.1. The van der Waals surface area contributed by atoms with E-state index < -0.39 is 5.41 Å². The zero-order valence-electron chi connectivity index (χ0n) is 30.7. The van der Waals surface area contributed by atoms with Crippen molar-refractivity contribution in [1.29, 1.82) is 0 Å². The summed E-state index contributed by atoms with van der Waals surface area (Å²) in [7, 11) is 7.85. The lowest BCUT2D eigenvalue weighted by Gasteiger charge is -2.34. The molecule has 0 aliphatic carbocycles. The predicted molar refractivity (Wildman–Crippen MR) is 196 cm³/mol. The summed E-state index contributed by atoms with van der Waals surface area (Å²) in [6.45, 7) is 8.93. The van der Waals surface area contributed by atoms with E-state index in [0.717, 1.165) is 26.1 Å². The Morgan fingerprint density at radius 2 is 0.689 bits per heavy atom. The highest BCUT2D eigenvalue weighted by molar-refractivity contribution is 6.20. The Balaban J connectivity index is 4.80. The van der Waals surface area contributed by atoms with Crippen molar-refractivity contribution in [3.05, 3.63) is 0 Å². The van der Waals surface area contributed by atoms with Gasteiger partial charge in [0.2, 0.25) is 0 Å². The van der Waals surface area contributed by atoms with Crippen LogP contribution in [0.1, 0.15) is 142 Å². The van der Waals surface area contributed by atoms with Gasteiger partial charge in [-0.05, 0) is 41.0 Å². The van der Waals surface area contributed by atoms with Gasteiger partial charge in [0.15, 0.2) is 0 Å². The van der Waals surface area contributed by atoms with Crippen molar-refractivity contribution in [1.82, 2.24) is 9.80 Å². The summed E-state index contributed by atoms with van der Waals surface area (Å²) < 4.78 is 25.0. The molecule has 8 heteroatoms. The van der Waals surface area contributed by atoms with Gasteiger partial charge < -0.3 is 18.9 Å². The average molecular weight is 684 g/mol. The molecule has 0 aliphatic rings. The van der Waals surface area contributed by atoms with Crippen molar-refractivity contribution >= 4 is 23.2 Å². The number of hydrogen-bond donors (Lipinski definition) is 0. The standard InChI is InChI=1S/C37H76Cl2N2O4/c1-7-9-11-13-15-17-19-21-23-25-27-42-31-37(33-44-29-35(38)40(3)4,34-45-30-36(39)41(5)6)32-43-28-26-24-22-20-18-16-14-12-10-8-2/h35-36H,7-34H2,1-6H3. The second-order valence-corrected chi connectivity index (χ2v) is 14.8. The summed E-state index contributed by atoms with van der Waals surface area (Å²) in [5, 5.41) is 0. The van der Waals surface area contributed by atoms with Crippen LogP contribution < -0.4 is 0 Å². The fraction of sp³-hybridized carbons (Fsp3) is 1.00. The van der Waals surface area contributed by atoms with Gasteiger partial charge in [0, 0.05) is 13.2 Å². The molecule has 0 saturated carbocycles. The first-order valence-corrected chi connectivity index (χ1v) is 19.6. The van der Waals surface area contributed by atoms with E-state index >= 15 is 0 Å². The third-order valence-electron chi connectivity index (χ3n) is 8.55. The quantitative estimate of drug-likeness (QED) is 0.0372. The van der Waals surface area contributed by atoms with Gasteiger partial charge in [0.05, 0.1) is 45.1 Å². The second-order valence-electron chi connectivity index (χ2n) is 13.8. The summed E-state index contributed by atoms with van der Waals surface area (Å²) in [4.78, 5) is 3.91. The lowest BCUT2D eigenvalue weighted by atomic mass is 9.92. The van der Waals surface area contributed by atoms with E-state index in [1.165, 1.54) is 116 Å². The zero-order valence-corrected chi connectivity index (χ0v) is 32.2. The summed E-state index contributed by atoms with van der Waals surface area (Å²) >= 11 is 12.9. The maximum Gasteiger partial charge on any atom is 0.108 e. The summed E-state index contributed by atoms with van der Waals surface area (Å²) in [5.41, 5.74) is -0.794. The van der Waals surface area contributed by atoms with Gasteiger partial charge in [-0.3, -0.25) is 9.80 Å². The molecule has 0 heterocycles. The number of halogens is 2. The Labute approximate surface area is 290 Å². The lowest BCUT2D eigenvalue weighted by Crippen LogP contribution is -2.43. The number of nitrogens with zero attached hydrogens (tertiary/aromatic N) is 2. The third kappa shape index (κ3) is 29.0. The number of likely N-dealkylation sites (N-methyl/N-ethyl adjacent to an activating group) is 2. The molecular formula is C37H76Cl2N2O4. The van der Waals surface area contributed by atoms with Gasteiger partial charge in [-0.1, -0.05) is 129 Å². The Kier molecular flexibility index (Phi) is 33.1. The maximum atomic E-state index is 6.47. The number of rotatable bonds is 36. The molecule has 2 unspecified atom stereocenters. The van der Waals surface area contributed by atoms with Crippen molar-refractivity contribution in [2.75, 3.05) is 81.0 Å². The smallest absolute Gasteiger partial charge is 0.108 e. The molecule has 272 valence electrons. The van der Waals surface area contributed by atoms with E-state index in [0.29, 0.717) is 39.6 Å². The molecule has 0 bridgehead atoms. The molecule has 0 aliphatic heterocycles. The fourth-order valence-corrected chi connectivity index (χ4v) is 5.43. The van der Waals surface area contributed by atoms with E-state index in [9.17, 15) is 0 Å². The average Bonchev–Trinajstić information content (AvgIpc) is 3.01. The Morgan fingerprint density at radius 3 is 0.978 bits per heavy atom. The van der Waals surface area contributed by atoms with Crippen molar-refractivity contribution in [3.8, 4) is 0 Å². The molecule has 0 aromatic heterocycles. The van der Waals surface area contributed by atoms with E-state index in [-0.39, 0.29) is 11.0 Å². The molecule has 0 saturated heterocycles. The van der Waals surface area contributed by atoms with Crippen LogP contribution in [0, 0.1) is 5.41 Å². The van der Waals surface area contributed by atoms with Crippen LogP contribution in [0.3, 0.4) is 0 Å². The number of alkyl halides is 2. The lowest BCUT2D eigenvalue weighted by molar-refractivity contribution is -0.110. The van der Waals surface area contributed by atoms with Crippen LogP contribution in [0.2, 0.25) is 0 Å². The number of hydrogen-bond acceptors (Lipinski definition) is 6. The minimum absolute atomic E-state index is 0.190. The Morgan fingerprint density at radius 1 is 0.422 bits per heavy atom. The molecule has 0 aromatic carbocycles. The highest BCUT2D eigenvalue weighted by Gasteiger charge is 2.33. The molecule has 0 rings (SSSR count). The summed E-state index contributed by atoms with van der Waals surface area (Å²) in [5.74, 6) is 0. The fourth-order valence-electron chi connectivity index (χ4n) is 5.25. The topological polar surface area (TPSA) is 43.4 Å². The van der Waals surface area contributed by atoms with Gasteiger partial charge in [-0.15, -0.1) is 23.2 Å². The SMILES string of the molecule is CCCCCCCCCCCCOCC(COCCCCCCCCCCCC)(COCC(Cl)N(C)C)COCC(Cl)N(C)C. The van der Waals surface area contributed by atoms with Crippen LogP contribution in [0.4, 0.5) is 0 Å². The van der Waals surface area contributed by atoms with Gasteiger partial charge >= 0.3 is 0 Å². The zero-order chi connectivity index (χ0) is 33.4. The molecule has 45 heavy (non-hydrogen) atoms. The summed E-state index contributed by atoms with van der Waals surface area (Å²) in [6.07, 6.45) is 26.3. The highest BCUT2D eigenvalue weighted by atomic mass is 35.5. The van der Waals surface area contributed by atoms with Gasteiger partial charge in [-0.25, -0.2) is 0 Å². The molecule has 6 nitrogen and oxygen atoms in total. The van der Waals surface area contributed by atoms with Crippen LogP contribution in [0.5, 0.6) is 0 Å². The molecule has 2 atom stereocenters. The van der Waals surface area contributed by atoms with Crippen LogP contribution in [-0.4, -0.2) is 102 Å². The van der Waals surface area contributed by atoms with E-state index in [2.05, 4.69) is 13.8 Å². The van der Waals surface area contributed by atoms with Crippen molar-refractivity contribution in [2.24, 2.45) is 5.41 Å². The number of ether oxygens (including phenoxy) is 4. The first-order chi connectivity index (χ1) is 21.8. The first-order valence-electron chi connectivity index (χ1n) is 18.7. The maximum absolute atomic E-state index is 6.47. The van der Waals surface area contributed by atoms with Crippen molar-refractivity contribution in [3.63, 3.8) is 0 Å². The van der Waals surface area contributed by atoms with Gasteiger partial charge in [0.1, 0.15) is 11.0 Å². The van der Waals surface area contributed by atoms with E-state index in [1.807, 2.05) is 38.0 Å². The molecule has 0 aromatic rings. The van der Waals surface area contributed by atoms with Crippen molar-refractivity contribution in [2.45, 2.75) is 153 Å².